The zero-order valence-electron chi connectivity index (χ0n) is 13.7. The largest absolute Gasteiger partial charge is 0.477 e. The van der Waals surface area contributed by atoms with Gasteiger partial charge in [0, 0.05) is 19.1 Å². The minimum absolute atomic E-state index is 0.0234. The summed E-state index contributed by atoms with van der Waals surface area (Å²) in [7, 11) is 0. The molecular weight excluding hydrogens is 298 g/mol. The van der Waals surface area contributed by atoms with Gasteiger partial charge in [0.25, 0.3) is 0 Å². The van der Waals surface area contributed by atoms with Gasteiger partial charge in [-0.2, -0.15) is 0 Å². The molecule has 2 N–H and O–H groups in total. The van der Waals surface area contributed by atoms with E-state index in [0.29, 0.717) is 13.1 Å². The maximum atomic E-state index is 12.0. The normalized spacial score (nSPS) is 16.0. The molecule has 23 heavy (non-hydrogen) atoms. The maximum absolute atomic E-state index is 12.0. The molecule has 126 valence electrons. The van der Waals surface area contributed by atoms with Crippen LogP contribution in [0.5, 0.6) is 0 Å². The highest BCUT2D eigenvalue weighted by molar-refractivity contribution is 5.85. The van der Waals surface area contributed by atoms with Crippen molar-refractivity contribution >= 4 is 17.7 Å². The summed E-state index contributed by atoms with van der Waals surface area (Å²) in [5.74, 6) is -1.04. The van der Waals surface area contributed by atoms with Crippen LogP contribution in [-0.4, -0.2) is 51.8 Å². The summed E-state index contributed by atoms with van der Waals surface area (Å²) in [4.78, 5) is 28.4. The molecule has 1 amide bonds. The van der Waals surface area contributed by atoms with Crippen LogP contribution in [0.15, 0.2) is 18.3 Å². The van der Waals surface area contributed by atoms with Gasteiger partial charge in [-0.3, -0.25) is 0 Å². The van der Waals surface area contributed by atoms with Gasteiger partial charge in [-0.25, -0.2) is 14.6 Å². The van der Waals surface area contributed by atoms with Crippen molar-refractivity contribution in [3.63, 3.8) is 0 Å². The fourth-order valence-electron chi connectivity index (χ4n) is 2.37. The molecule has 0 aromatic carbocycles. The SMILES string of the molecule is CC(C)(C)OC(=O)N1CCC(Nc2ccc(C(=O)O)nc2)CC1. The van der Waals surface area contributed by atoms with E-state index in [1.165, 1.54) is 12.3 Å². The number of amides is 1. The Balaban J connectivity index is 1.82. The Morgan fingerprint density at radius 1 is 1.30 bits per heavy atom. The molecule has 0 atom stereocenters. The van der Waals surface area contributed by atoms with Crippen molar-refractivity contribution in [2.24, 2.45) is 0 Å². The number of piperidine rings is 1. The number of carboxylic acids is 1. The summed E-state index contributed by atoms with van der Waals surface area (Å²) in [6.45, 7) is 6.83. The number of likely N-dealkylation sites (tertiary alicyclic amines) is 1. The van der Waals surface area contributed by atoms with Crippen molar-refractivity contribution in [2.75, 3.05) is 18.4 Å². The molecule has 1 aromatic heterocycles. The first-order chi connectivity index (χ1) is 10.7. The number of ether oxygens (including phenoxy) is 1. The third-order valence-electron chi connectivity index (χ3n) is 3.50. The van der Waals surface area contributed by atoms with E-state index < -0.39 is 11.6 Å². The summed E-state index contributed by atoms with van der Waals surface area (Å²) in [5, 5.41) is 12.1. The summed E-state index contributed by atoms with van der Waals surface area (Å²) in [6, 6.07) is 3.41. The van der Waals surface area contributed by atoms with Crippen LogP contribution >= 0.6 is 0 Å². The van der Waals surface area contributed by atoms with Crippen LogP contribution in [0.1, 0.15) is 44.1 Å². The van der Waals surface area contributed by atoms with E-state index in [2.05, 4.69) is 10.3 Å². The molecule has 1 aliphatic heterocycles. The van der Waals surface area contributed by atoms with Gasteiger partial charge in [0.05, 0.1) is 11.9 Å². The molecule has 0 aliphatic carbocycles. The molecule has 2 rings (SSSR count). The molecule has 0 spiro atoms. The van der Waals surface area contributed by atoms with Gasteiger partial charge in [0.1, 0.15) is 11.3 Å². The van der Waals surface area contributed by atoms with Crippen LogP contribution in [0.3, 0.4) is 0 Å². The number of carbonyl (C=O) groups excluding carboxylic acids is 1. The van der Waals surface area contributed by atoms with E-state index in [9.17, 15) is 9.59 Å². The molecule has 7 nitrogen and oxygen atoms in total. The smallest absolute Gasteiger partial charge is 0.410 e. The lowest BCUT2D eigenvalue weighted by molar-refractivity contribution is 0.0210. The second-order valence-corrected chi connectivity index (χ2v) is 6.62. The Labute approximate surface area is 135 Å². The van der Waals surface area contributed by atoms with Crippen LogP contribution in [0.4, 0.5) is 10.5 Å². The Kier molecular flexibility index (Phi) is 5.08. The molecule has 1 fully saturated rings. The van der Waals surface area contributed by atoms with Crippen LogP contribution in [-0.2, 0) is 4.74 Å². The van der Waals surface area contributed by atoms with Crippen LogP contribution in [0.25, 0.3) is 0 Å². The molecule has 0 radical (unpaired) electrons. The molecular formula is C16H23N3O4. The average Bonchev–Trinajstić information content (AvgIpc) is 2.46. The minimum atomic E-state index is -1.04. The Morgan fingerprint density at radius 3 is 2.43 bits per heavy atom. The molecule has 2 heterocycles. The first-order valence-electron chi connectivity index (χ1n) is 7.68. The van der Waals surface area contributed by atoms with E-state index in [-0.39, 0.29) is 17.8 Å². The van der Waals surface area contributed by atoms with Crippen molar-refractivity contribution in [2.45, 2.75) is 45.3 Å². The van der Waals surface area contributed by atoms with E-state index in [0.717, 1.165) is 18.5 Å². The number of anilines is 1. The van der Waals surface area contributed by atoms with Crippen molar-refractivity contribution in [1.29, 1.82) is 0 Å². The highest BCUT2D eigenvalue weighted by Crippen LogP contribution is 2.18. The Morgan fingerprint density at radius 2 is 1.96 bits per heavy atom. The molecule has 1 saturated heterocycles. The molecule has 1 aromatic rings. The number of aromatic carboxylic acids is 1. The maximum Gasteiger partial charge on any atom is 0.410 e. The number of aromatic nitrogens is 1. The number of nitrogens with zero attached hydrogens (tertiary/aromatic N) is 2. The summed E-state index contributed by atoms with van der Waals surface area (Å²) in [6.07, 6.45) is 2.85. The van der Waals surface area contributed by atoms with Gasteiger partial charge in [-0.05, 0) is 45.7 Å². The molecule has 0 saturated carbocycles. The van der Waals surface area contributed by atoms with Crippen LogP contribution in [0, 0.1) is 0 Å². The zero-order chi connectivity index (χ0) is 17.0. The topological polar surface area (TPSA) is 91.8 Å². The number of rotatable bonds is 3. The van der Waals surface area contributed by atoms with Crippen LogP contribution in [0.2, 0.25) is 0 Å². The highest BCUT2D eigenvalue weighted by Gasteiger charge is 2.26. The number of hydrogen-bond acceptors (Lipinski definition) is 5. The van der Waals surface area contributed by atoms with Gasteiger partial charge >= 0.3 is 12.1 Å². The van der Waals surface area contributed by atoms with E-state index in [1.807, 2.05) is 20.8 Å². The molecule has 7 heteroatoms. The number of nitrogens with one attached hydrogen (secondary N) is 1. The second kappa shape index (κ2) is 6.85. The monoisotopic (exact) mass is 321 g/mol. The quantitative estimate of drug-likeness (QED) is 0.889. The molecule has 1 aliphatic rings. The van der Waals surface area contributed by atoms with E-state index >= 15 is 0 Å². The average molecular weight is 321 g/mol. The number of hydrogen-bond donors (Lipinski definition) is 2. The van der Waals surface area contributed by atoms with Gasteiger partial charge in [0.2, 0.25) is 0 Å². The third-order valence-corrected chi connectivity index (χ3v) is 3.50. The Bertz CT molecular complexity index is 558. The van der Waals surface area contributed by atoms with E-state index in [1.54, 1.807) is 11.0 Å². The van der Waals surface area contributed by atoms with Crippen molar-refractivity contribution in [3.8, 4) is 0 Å². The van der Waals surface area contributed by atoms with Gasteiger partial charge < -0.3 is 20.1 Å². The van der Waals surface area contributed by atoms with Crippen molar-refractivity contribution in [3.05, 3.63) is 24.0 Å². The molecule has 0 unspecified atom stereocenters. The second-order valence-electron chi connectivity index (χ2n) is 6.62. The first-order valence-corrected chi connectivity index (χ1v) is 7.68. The summed E-state index contributed by atoms with van der Waals surface area (Å²) in [5.41, 5.74) is 0.324. The summed E-state index contributed by atoms with van der Waals surface area (Å²) < 4.78 is 5.37. The standard InChI is InChI=1S/C16H23N3O4/c1-16(2,3)23-15(22)19-8-6-11(7-9-19)18-12-4-5-13(14(20)21)17-10-12/h4-5,10-11,18H,6-9H2,1-3H3,(H,20,21). The summed E-state index contributed by atoms with van der Waals surface area (Å²) >= 11 is 0. The fourth-order valence-corrected chi connectivity index (χ4v) is 2.37. The van der Waals surface area contributed by atoms with Crippen molar-refractivity contribution < 1.29 is 19.4 Å². The fraction of sp³-hybridized carbons (Fsp3) is 0.562. The number of carbonyl (C=O) groups is 2. The lowest BCUT2D eigenvalue weighted by Gasteiger charge is -2.34. The number of carboxylic acid groups (broad SMARTS) is 1. The highest BCUT2D eigenvalue weighted by atomic mass is 16.6. The third kappa shape index (κ3) is 5.12. The van der Waals surface area contributed by atoms with E-state index in [4.69, 9.17) is 9.84 Å². The molecule has 0 bridgehead atoms. The van der Waals surface area contributed by atoms with Gasteiger partial charge in [-0.1, -0.05) is 0 Å². The van der Waals surface area contributed by atoms with Crippen molar-refractivity contribution in [1.82, 2.24) is 9.88 Å². The predicted molar refractivity (Wildman–Crippen MR) is 85.6 cm³/mol. The first kappa shape index (κ1) is 17.1. The zero-order valence-corrected chi connectivity index (χ0v) is 13.7. The Hall–Kier alpha value is -2.31. The predicted octanol–water partition coefficient (Wildman–Crippen LogP) is 2.59. The van der Waals surface area contributed by atoms with Gasteiger partial charge in [-0.15, -0.1) is 0 Å². The van der Waals surface area contributed by atoms with Crippen LogP contribution < -0.4 is 5.32 Å². The number of pyridine rings is 1. The lowest BCUT2D eigenvalue weighted by Crippen LogP contribution is -2.44. The lowest BCUT2D eigenvalue weighted by atomic mass is 10.1. The minimum Gasteiger partial charge on any atom is -0.477 e. The van der Waals surface area contributed by atoms with Gasteiger partial charge in [0.15, 0.2) is 0 Å².